The number of imidazole rings is 1. The minimum absolute atomic E-state index is 0.708. The van der Waals surface area contributed by atoms with Crippen LogP contribution in [-0.4, -0.2) is 39.6 Å². The second-order valence-corrected chi connectivity index (χ2v) is 4.75. The number of methoxy groups -OCH3 is 1. The molecule has 2 aromatic heterocycles. The van der Waals surface area contributed by atoms with E-state index in [1.807, 2.05) is 31.0 Å². The topological polar surface area (TPSA) is 56.9 Å². The van der Waals surface area contributed by atoms with E-state index in [-0.39, 0.29) is 0 Å². The fourth-order valence-electron chi connectivity index (χ4n) is 2.37. The van der Waals surface area contributed by atoms with Crippen molar-refractivity contribution in [3.05, 3.63) is 29.5 Å². The van der Waals surface area contributed by atoms with E-state index in [0.29, 0.717) is 6.61 Å². The van der Waals surface area contributed by atoms with E-state index < -0.39 is 0 Å². The number of hydrogen-bond donors (Lipinski definition) is 1. The van der Waals surface area contributed by atoms with E-state index in [0.717, 1.165) is 36.8 Å². The van der Waals surface area contributed by atoms with Gasteiger partial charge in [-0.3, -0.25) is 9.25 Å². The SMILES string of the molecule is CCc1nccn1-c1c(CNCCOC)c(C)nn1C. The quantitative estimate of drug-likeness (QED) is 0.773. The van der Waals surface area contributed by atoms with Crippen molar-refractivity contribution < 1.29 is 4.74 Å². The molecule has 0 aromatic carbocycles. The lowest BCUT2D eigenvalue weighted by atomic mass is 10.2. The molecule has 0 radical (unpaired) electrons. The molecule has 0 amide bonds. The fraction of sp³-hybridized carbons (Fsp3) is 0.571. The summed E-state index contributed by atoms with van der Waals surface area (Å²) >= 11 is 0. The Balaban J connectivity index is 2.28. The van der Waals surface area contributed by atoms with Gasteiger partial charge in [0.1, 0.15) is 11.6 Å². The van der Waals surface area contributed by atoms with Crippen molar-refractivity contribution in [3.63, 3.8) is 0 Å². The van der Waals surface area contributed by atoms with Crippen LogP contribution in [0.4, 0.5) is 0 Å². The largest absolute Gasteiger partial charge is 0.383 e. The second kappa shape index (κ2) is 6.67. The molecule has 0 unspecified atom stereocenters. The van der Waals surface area contributed by atoms with Crippen LogP contribution in [0.3, 0.4) is 0 Å². The highest BCUT2D eigenvalue weighted by atomic mass is 16.5. The summed E-state index contributed by atoms with van der Waals surface area (Å²) in [6.45, 7) is 6.46. The summed E-state index contributed by atoms with van der Waals surface area (Å²) in [5.41, 5.74) is 2.25. The van der Waals surface area contributed by atoms with E-state index in [1.54, 1.807) is 7.11 Å². The summed E-state index contributed by atoms with van der Waals surface area (Å²) in [4.78, 5) is 4.39. The molecule has 20 heavy (non-hydrogen) atoms. The van der Waals surface area contributed by atoms with Crippen LogP contribution in [0.5, 0.6) is 0 Å². The third-order valence-electron chi connectivity index (χ3n) is 3.36. The van der Waals surface area contributed by atoms with Crippen LogP contribution >= 0.6 is 0 Å². The average molecular weight is 277 g/mol. The Morgan fingerprint density at radius 3 is 2.90 bits per heavy atom. The maximum Gasteiger partial charge on any atom is 0.140 e. The van der Waals surface area contributed by atoms with Crippen molar-refractivity contribution in [2.75, 3.05) is 20.3 Å². The maximum absolute atomic E-state index is 5.06. The van der Waals surface area contributed by atoms with E-state index in [2.05, 4.69) is 26.9 Å². The van der Waals surface area contributed by atoms with Crippen LogP contribution in [-0.2, 0) is 24.8 Å². The molecule has 1 N–H and O–H groups in total. The molecule has 2 aromatic rings. The first-order chi connectivity index (χ1) is 9.69. The molecule has 0 spiro atoms. The summed E-state index contributed by atoms with van der Waals surface area (Å²) in [5, 5.41) is 7.92. The molecule has 0 atom stereocenters. The van der Waals surface area contributed by atoms with Crippen LogP contribution < -0.4 is 5.32 Å². The van der Waals surface area contributed by atoms with Gasteiger partial charge in [0, 0.05) is 51.6 Å². The van der Waals surface area contributed by atoms with E-state index >= 15 is 0 Å². The predicted octanol–water partition coefficient (Wildman–Crippen LogP) is 1.21. The molecular weight excluding hydrogens is 254 g/mol. The van der Waals surface area contributed by atoms with Crippen LogP contribution in [0, 0.1) is 6.92 Å². The summed E-state index contributed by atoms with van der Waals surface area (Å²) in [7, 11) is 3.68. The monoisotopic (exact) mass is 277 g/mol. The van der Waals surface area contributed by atoms with Crippen molar-refractivity contribution in [1.82, 2.24) is 24.6 Å². The van der Waals surface area contributed by atoms with E-state index in [1.165, 1.54) is 5.56 Å². The highest BCUT2D eigenvalue weighted by Gasteiger charge is 2.16. The van der Waals surface area contributed by atoms with Gasteiger partial charge in [-0.05, 0) is 6.92 Å². The molecule has 6 nitrogen and oxygen atoms in total. The van der Waals surface area contributed by atoms with Crippen molar-refractivity contribution in [2.24, 2.45) is 7.05 Å². The number of hydrogen-bond acceptors (Lipinski definition) is 4. The molecule has 110 valence electrons. The van der Waals surface area contributed by atoms with Gasteiger partial charge in [0.2, 0.25) is 0 Å². The molecule has 0 saturated carbocycles. The Bertz CT molecular complexity index is 558. The third-order valence-corrected chi connectivity index (χ3v) is 3.36. The van der Waals surface area contributed by atoms with Crippen molar-refractivity contribution in [2.45, 2.75) is 26.8 Å². The lowest BCUT2D eigenvalue weighted by Gasteiger charge is -2.11. The minimum Gasteiger partial charge on any atom is -0.383 e. The fourth-order valence-corrected chi connectivity index (χ4v) is 2.37. The Morgan fingerprint density at radius 1 is 1.40 bits per heavy atom. The number of aromatic nitrogens is 4. The van der Waals surface area contributed by atoms with Crippen LogP contribution in [0.1, 0.15) is 24.0 Å². The van der Waals surface area contributed by atoms with Crippen LogP contribution in [0.15, 0.2) is 12.4 Å². The van der Waals surface area contributed by atoms with E-state index in [4.69, 9.17) is 4.74 Å². The Morgan fingerprint density at radius 2 is 2.20 bits per heavy atom. The zero-order valence-electron chi connectivity index (χ0n) is 12.7. The Hall–Kier alpha value is -1.66. The first-order valence-electron chi connectivity index (χ1n) is 6.93. The van der Waals surface area contributed by atoms with Crippen LogP contribution in [0.25, 0.3) is 5.82 Å². The number of ether oxygens (including phenoxy) is 1. The summed E-state index contributed by atoms with van der Waals surface area (Å²) < 4.78 is 9.09. The number of nitrogens with zero attached hydrogens (tertiary/aromatic N) is 4. The normalized spacial score (nSPS) is 11.2. The van der Waals surface area contributed by atoms with Crippen molar-refractivity contribution in [1.29, 1.82) is 0 Å². The third kappa shape index (κ3) is 2.91. The highest BCUT2D eigenvalue weighted by molar-refractivity contribution is 5.39. The molecule has 0 aliphatic rings. The van der Waals surface area contributed by atoms with Gasteiger partial charge in [-0.15, -0.1) is 0 Å². The van der Waals surface area contributed by atoms with Crippen molar-refractivity contribution in [3.8, 4) is 5.82 Å². The molecule has 0 saturated heterocycles. The van der Waals surface area contributed by atoms with Gasteiger partial charge in [0.05, 0.1) is 12.3 Å². The zero-order valence-corrected chi connectivity index (χ0v) is 12.7. The first-order valence-corrected chi connectivity index (χ1v) is 6.93. The first kappa shape index (κ1) is 14.7. The Kier molecular flexibility index (Phi) is 4.92. The smallest absolute Gasteiger partial charge is 0.140 e. The molecule has 0 aliphatic heterocycles. The molecular formula is C14H23N5O. The predicted molar refractivity (Wildman–Crippen MR) is 78.0 cm³/mol. The number of rotatable bonds is 7. The molecule has 0 bridgehead atoms. The van der Waals surface area contributed by atoms with Gasteiger partial charge in [0.15, 0.2) is 0 Å². The number of aryl methyl sites for hydroxylation is 3. The average Bonchev–Trinajstić information content (AvgIpc) is 2.99. The summed E-state index contributed by atoms with van der Waals surface area (Å²) in [6.07, 6.45) is 4.73. The number of nitrogens with one attached hydrogen (secondary N) is 1. The molecule has 2 rings (SSSR count). The van der Waals surface area contributed by atoms with Gasteiger partial charge in [-0.2, -0.15) is 5.10 Å². The molecule has 6 heteroatoms. The van der Waals surface area contributed by atoms with Gasteiger partial charge in [0.25, 0.3) is 0 Å². The molecule has 0 fully saturated rings. The minimum atomic E-state index is 0.708. The lowest BCUT2D eigenvalue weighted by molar-refractivity contribution is 0.199. The standard InChI is InChI=1S/C14H23N5O/c1-5-13-16-6-8-19(13)14-12(10-15-7-9-20-4)11(2)17-18(14)3/h6,8,15H,5,7,9-10H2,1-4H3. The Labute approximate surface area is 119 Å². The van der Waals surface area contributed by atoms with Gasteiger partial charge in [-0.1, -0.05) is 6.92 Å². The van der Waals surface area contributed by atoms with Gasteiger partial charge >= 0.3 is 0 Å². The summed E-state index contributed by atoms with van der Waals surface area (Å²) in [5.74, 6) is 2.13. The van der Waals surface area contributed by atoms with E-state index in [9.17, 15) is 0 Å². The highest BCUT2D eigenvalue weighted by Crippen LogP contribution is 2.19. The molecule has 2 heterocycles. The molecule has 0 aliphatic carbocycles. The van der Waals surface area contributed by atoms with Gasteiger partial charge in [-0.25, -0.2) is 4.98 Å². The second-order valence-electron chi connectivity index (χ2n) is 4.75. The lowest BCUT2D eigenvalue weighted by Crippen LogP contribution is -2.20. The maximum atomic E-state index is 5.06. The summed E-state index contributed by atoms with van der Waals surface area (Å²) in [6, 6.07) is 0. The zero-order chi connectivity index (χ0) is 14.5. The van der Waals surface area contributed by atoms with Gasteiger partial charge < -0.3 is 10.1 Å². The van der Waals surface area contributed by atoms with Crippen LogP contribution in [0.2, 0.25) is 0 Å². The van der Waals surface area contributed by atoms with Crippen molar-refractivity contribution >= 4 is 0 Å².